The summed E-state index contributed by atoms with van der Waals surface area (Å²) >= 11 is 4.59. The highest BCUT2D eigenvalue weighted by Crippen LogP contribution is 2.30. The van der Waals surface area contributed by atoms with Gasteiger partial charge in [0.15, 0.2) is 21.2 Å². The molecule has 0 saturated heterocycles. The van der Waals surface area contributed by atoms with Gasteiger partial charge in [-0.3, -0.25) is 4.79 Å². The molecule has 0 spiro atoms. The minimum absolute atomic E-state index is 0.0434. The molecule has 0 aliphatic carbocycles. The number of hydrogen-bond donors (Lipinski definition) is 0. The van der Waals surface area contributed by atoms with Crippen molar-refractivity contribution >= 4 is 33.0 Å². The maximum Gasteiger partial charge on any atom is 0.171 e. The van der Waals surface area contributed by atoms with Gasteiger partial charge < -0.3 is 4.42 Å². The van der Waals surface area contributed by atoms with Crippen molar-refractivity contribution in [2.45, 2.75) is 13.8 Å². The molecule has 5 heteroatoms. The first kappa shape index (κ1) is 10.6. The van der Waals surface area contributed by atoms with E-state index in [-0.39, 0.29) is 5.78 Å². The van der Waals surface area contributed by atoms with Crippen molar-refractivity contribution in [1.82, 2.24) is 4.98 Å². The Balaban J connectivity index is 2.46. The maximum absolute atomic E-state index is 11.2. The predicted octanol–water partition coefficient (Wildman–Crippen LogP) is 3.68. The molecule has 0 amide bonds. The van der Waals surface area contributed by atoms with Crippen LogP contribution >= 0.6 is 27.3 Å². The second-order valence-electron chi connectivity index (χ2n) is 3.09. The molecular weight excluding hydrogens is 278 g/mol. The number of aromatic nitrogens is 1. The van der Waals surface area contributed by atoms with Gasteiger partial charge in [0.25, 0.3) is 0 Å². The van der Waals surface area contributed by atoms with E-state index in [1.165, 1.54) is 11.3 Å². The first-order chi connectivity index (χ1) is 7.08. The van der Waals surface area contributed by atoms with Gasteiger partial charge in [0, 0.05) is 6.92 Å². The second kappa shape index (κ2) is 3.90. The molecule has 15 heavy (non-hydrogen) atoms. The highest BCUT2D eigenvalue weighted by atomic mass is 79.9. The molecule has 0 aliphatic heterocycles. The van der Waals surface area contributed by atoms with E-state index in [4.69, 9.17) is 4.42 Å². The minimum Gasteiger partial charge on any atom is -0.447 e. The van der Waals surface area contributed by atoms with Gasteiger partial charge in [0.05, 0.1) is 10.6 Å². The van der Waals surface area contributed by atoms with E-state index in [1.807, 2.05) is 13.0 Å². The highest BCUT2D eigenvalue weighted by molar-refractivity contribution is 9.10. The smallest absolute Gasteiger partial charge is 0.171 e. The molecule has 78 valence electrons. The Labute approximate surface area is 99.3 Å². The zero-order chi connectivity index (χ0) is 11.0. The van der Waals surface area contributed by atoms with Crippen LogP contribution in [0.25, 0.3) is 10.8 Å². The number of thiazole rings is 1. The zero-order valence-electron chi connectivity index (χ0n) is 8.20. The van der Waals surface area contributed by atoms with E-state index in [0.717, 1.165) is 10.7 Å². The summed E-state index contributed by atoms with van der Waals surface area (Å²) in [6.45, 7) is 3.37. The molecule has 0 saturated carbocycles. The van der Waals surface area contributed by atoms with Crippen LogP contribution in [-0.2, 0) is 0 Å². The molecule has 0 bridgehead atoms. The van der Waals surface area contributed by atoms with Crippen molar-refractivity contribution in [3.63, 3.8) is 0 Å². The topological polar surface area (TPSA) is 43.1 Å². The normalized spacial score (nSPS) is 10.6. The summed E-state index contributed by atoms with van der Waals surface area (Å²) in [5.41, 5.74) is 0.759. The van der Waals surface area contributed by atoms with E-state index in [0.29, 0.717) is 15.3 Å². The van der Waals surface area contributed by atoms with Crippen molar-refractivity contribution in [2.24, 2.45) is 0 Å². The van der Waals surface area contributed by atoms with Gasteiger partial charge in [-0.15, -0.1) is 11.3 Å². The summed E-state index contributed by atoms with van der Waals surface area (Å²) in [5.74, 6) is 0.726. The van der Waals surface area contributed by atoms with E-state index in [1.54, 1.807) is 13.0 Å². The number of carbonyl (C=O) groups is 1. The first-order valence-electron chi connectivity index (χ1n) is 4.32. The lowest BCUT2D eigenvalue weighted by atomic mass is 10.3. The van der Waals surface area contributed by atoms with Crippen LogP contribution in [0.2, 0.25) is 0 Å². The van der Waals surface area contributed by atoms with Gasteiger partial charge >= 0.3 is 0 Å². The van der Waals surface area contributed by atoms with E-state index < -0.39 is 0 Å². The van der Waals surface area contributed by atoms with Crippen molar-refractivity contribution in [1.29, 1.82) is 0 Å². The second-order valence-corrected chi connectivity index (χ2v) is 4.87. The average Bonchev–Trinajstić information content (AvgIpc) is 2.71. The Bertz CT molecular complexity index is 515. The Morgan fingerprint density at radius 1 is 1.53 bits per heavy atom. The third kappa shape index (κ3) is 2.03. The molecule has 2 rings (SSSR count). The van der Waals surface area contributed by atoms with Crippen molar-refractivity contribution in [3.8, 4) is 10.8 Å². The Hall–Kier alpha value is -0.940. The minimum atomic E-state index is 0.0434. The van der Waals surface area contributed by atoms with Crippen LogP contribution in [-0.4, -0.2) is 10.8 Å². The van der Waals surface area contributed by atoms with Crippen molar-refractivity contribution in [3.05, 3.63) is 27.4 Å². The van der Waals surface area contributed by atoms with E-state index in [9.17, 15) is 4.79 Å². The quantitative estimate of drug-likeness (QED) is 0.791. The first-order valence-corrected chi connectivity index (χ1v) is 5.93. The summed E-state index contributed by atoms with van der Waals surface area (Å²) in [4.78, 5) is 16.2. The van der Waals surface area contributed by atoms with Gasteiger partial charge in [0.1, 0.15) is 0 Å². The molecule has 0 radical (unpaired) electrons. The molecule has 0 fully saturated rings. The van der Waals surface area contributed by atoms with Gasteiger partial charge in [0.2, 0.25) is 0 Å². The molecule has 0 unspecified atom stereocenters. The van der Waals surface area contributed by atoms with Crippen molar-refractivity contribution in [2.75, 3.05) is 0 Å². The van der Waals surface area contributed by atoms with E-state index in [2.05, 4.69) is 20.9 Å². The summed E-state index contributed by atoms with van der Waals surface area (Å²) in [6, 6.07) is 3.63. The Morgan fingerprint density at radius 3 is 2.73 bits per heavy atom. The molecule has 0 N–H and O–H groups in total. The molecule has 0 atom stereocenters. The SMILES string of the molecule is CC(=O)c1sc(-c2ccc(Br)o2)nc1C. The summed E-state index contributed by atoms with van der Waals surface area (Å²) in [7, 11) is 0. The largest absolute Gasteiger partial charge is 0.447 e. The van der Waals surface area contributed by atoms with Crippen LogP contribution in [0.1, 0.15) is 22.3 Å². The van der Waals surface area contributed by atoms with Crippen LogP contribution < -0.4 is 0 Å². The lowest BCUT2D eigenvalue weighted by Gasteiger charge is -1.86. The summed E-state index contributed by atoms with van der Waals surface area (Å²) in [6.07, 6.45) is 0. The third-order valence-electron chi connectivity index (χ3n) is 1.90. The van der Waals surface area contributed by atoms with Crippen molar-refractivity contribution < 1.29 is 9.21 Å². The Morgan fingerprint density at radius 2 is 2.27 bits per heavy atom. The average molecular weight is 286 g/mol. The molecule has 2 aromatic heterocycles. The number of Topliss-reactive ketones (excluding diaryl/α,β-unsaturated/α-hetero) is 1. The molecule has 0 aliphatic rings. The summed E-state index contributed by atoms with van der Waals surface area (Å²) < 4.78 is 6.03. The van der Waals surface area contributed by atoms with Crippen LogP contribution in [0.15, 0.2) is 21.2 Å². The fourth-order valence-corrected chi connectivity index (χ4v) is 2.49. The number of rotatable bonds is 2. The van der Waals surface area contributed by atoms with Gasteiger partial charge in [-0.2, -0.15) is 0 Å². The fourth-order valence-electron chi connectivity index (χ4n) is 1.26. The lowest BCUT2D eigenvalue weighted by Crippen LogP contribution is -1.89. The van der Waals surface area contributed by atoms with Gasteiger partial charge in [-0.25, -0.2) is 4.98 Å². The number of furan rings is 1. The van der Waals surface area contributed by atoms with Crippen LogP contribution in [0.5, 0.6) is 0 Å². The predicted molar refractivity (Wildman–Crippen MR) is 62.3 cm³/mol. The number of carbonyl (C=O) groups excluding carboxylic acids is 1. The van der Waals surface area contributed by atoms with Crippen LogP contribution in [0.4, 0.5) is 0 Å². The standard InChI is InChI=1S/C10H8BrNO2S/c1-5-9(6(2)13)15-10(12-5)7-3-4-8(11)14-7/h3-4H,1-2H3. The Kier molecular flexibility index (Phi) is 2.75. The fraction of sp³-hybridized carbons (Fsp3) is 0.200. The molecule has 2 heterocycles. The van der Waals surface area contributed by atoms with Crippen LogP contribution in [0.3, 0.4) is 0 Å². The number of halogens is 1. The van der Waals surface area contributed by atoms with Crippen LogP contribution in [0, 0.1) is 6.92 Å². The number of aryl methyl sites for hydroxylation is 1. The highest BCUT2D eigenvalue weighted by Gasteiger charge is 2.14. The molecule has 2 aromatic rings. The zero-order valence-corrected chi connectivity index (χ0v) is 10.6. The van der Waals surface area contributed by atoms with E-state index >= 15 is 0 Å². The molecule has 0 aromatic carbocycles. The maximum atomic E-state index is 11.2. The molecule has 3 nitrogen and oxygen atoms in total. The number of ketones is 1. The van der Waals surface area contributed by atoms with Gasteiger partial charge in [-0.05, 0) is 35.0 Å². The van der Waals surface area contributed by atoms with Gasteiger partial charge in [-0.1, -0.05) is 0 Å². The lowest BCUT2D eigenvalue weighted by molar-refractivity contribution is 0.102. The summed E-state index contributed by atoms with van der Waals surface area (Å²) in [5, 5.41) is 0.739. The molecular formula is C10H8BrNO2S. The monoisotopic (exact) mass is 285 g/mol. The number of nitrogens with zero attached hydrogens (tertiary/aromatic N) is 1. The number of hydrogen-bond acceptors (Lipinski definition) is 4. The third-order valence-corrected chi connectivity index (χ3v) is 3.60.